The third-order valence-corrected chi connectivity index (χ3v) is 8.00. The van der Waals surface area contributed by atoms with Crippen molar-refractivity contribution in [2.24, 2.45) is 0 Å². The number of benzene rings is 1. The lowest BCUT2D eigenvalue weighted by molar-refractivity contribution is -0.119. The summed E-state index contributed by atoms with van der Waals surface area (Å²) in [4.78, 5) is 38.2. The first-order chi connectivity index (χ1) is 15.4. The molecule has 0 unspecified atom stereocenters. The van der Waals surface area contributed by atoms with Crippen LogP contribution in [0, 0.1) is 13.8 Å². The second-order valence-electron chi connectivity index (χ2n) is 7.32. The number of carbonyl (C=O) groups excluding carboxylic acids is 3. The van der Waals surface area contributed by atoms with Crippen molar-refractivity contribution >= 4 is 44.2 Å². The van der Waals surface area contributed by atoms with E-state index in [4.69, 9.17) is 9.47 Å². The number of rotatable bonds is 9. The lowest BCUT2D eigenvalue weighted by Gasteiger charge is -2.13. The Kier molecular flexibility index (Phi) is 8.76. The molecule has 1 heterocycles. The smallest absolute Gasteiger partial charge is 0.341 e. The maximum Gasteiger partial charge on any atom is 0.341 e. The molecule has 0 bridgehead atoms. The molecule has 0 aliphatic heterocycles. The Morgan fingerprint density at radius 1 is 1.06 bits per heavy atom. The summed E-state index contributed by atoms with van der Waals surface area (Å²) in [6.45, 7) is 6.64. The summed E-state index contributed by atoms with van der Waals surface area (Å²) in [5, 5.41) is 2.95. The van der Waals surface area contributed by atoms with Crippen molar-refractivity contribution in [1.29, 1.82) is 0 Å². The molecule has 0 aliphatic carbocycles. The van der Waals surface area contributed by atoms with Gasteiger partial charge in [-0.3, -0.25) is 4.79 Å². The first kappa shape index (κ1) is 26.5. The number of hydrogen-bond donors (Lipinski definition) is 1. The molecule has 2 rings (SSSR count). The molecule has 0 fully saturated rings. The zero-order chi connectivity index (χ0) is 24.9. The van der Waals surface area contributed by atoms with Gasteiger partial charge in [0, 0.05) is 19.0 Å². The summed E-state index contributed by atoms with van der Waals surface area (Å²) in [5.41, 5.74) is 1.57. The van der Waals surface area contributed by atoms with Crippen molar-refractivity contribution in [2.75, 3.05) is 32.6 Å². The van der Waals surface area contributed by atoms with Crippen molar-refractivity contribution < 1.29 is 32.3 Å². The first-order valence-electron chi connectivity index (χ1n) is 10.2. The molecule has 0 atom stereocenters. The fraction of sp³-hybridized carbons (Fsp3) is 0.409. The number of nitrogens with zero attached hydrogens (tertiary/aromatic N) is 1. The van der Waals surface area contributed by atoms with Gasteiger partial charge in [-0.2, -0.15) is 0 Å². The number of sulfonamides is 1. The van der Waals surface area contributed by atoms with Crippen LogP contribution in [0.5, 0.6) is 0 Å². The van der Waals surface area contributed by atoms with E-state index < -0.39 is 34.5 Å². The van der Waals surface area contributed by atoms with E-state index in [0.717, 1.165) is 14.7 Å². The molecule has 33 heavy (non-hydrogen) atoms. The Morgan fingerprint density at radius 2 is 1.73 bits per heavy atom. The normalized spacial score (nSPS) is 11.4. The maximum absolute atomic E-state index is 12.6. The number of aryl methyl sites for hydroxylation is 2. The predicted octanol–water partition coefficient (Wildman–Crippen LogP) is 3.15. The largest absolute Gasteiger partial charge is 0.462 e. The third kappa shape index (κ3) is 5.98. The molecule has 0 aliphatic rings. The monoisotopic (exact) mass is 496 g/mol. The van der Waals surface area contributed by atoms with E-state index in [-0.39, 0.29) is 22.6 Å². The maximum atomic E-state index is 12.6. The second kappa shape index (κ2) is 10.9. The van der Waals surface area contributed by atoms with Crippen LogP contribution >= 0.6 is 11.3 Å². The first-order valence-corrected chi connectivity index (χ1v) is 12.5. The van der Waals surface area contributed by atoms with Crippen LogP contribution in [0.2, 0.25) is 0 Å². The molecule has 1 aromatic carbocycles. The van der Waals surface area contributed by atoms with Crippen LogP contribution in [-0.4, -0.2) is 57.9 Å². The van der Waals surface area contributed by atoms with Crippen LogP contribution in [0.3, 0.4) is 0 Å². The van der Waals surface area contributed by atoms with Crippen LogP contribution in [0.15, 0.2) is 23.1 Å². The highest BCUT2D eigenvalue weighted by molar-refractivity contribution is 7.89. The van der Waals surface area contributed by atoms with E-state index in [1.54, 1.807) is 20.8 Å². The summed E-state index contributed by atoms with van der Waals surface area (Å²) >= 11 is 1.26. The zero-order valence-electron chi connectivity index (χ0n) is 19.5. The molecule has 0 saturated heterocycles. The van der Waals surface area contributed by atoms with Crippen molar-refractivity contribution in [2.45, 2.75) is 39.0 Å². The molecule has 1 N–H and O–H groups in total. The number of ether oxygens (including phenoxy) is 2. The van der Waals surface area contributed by atoms with Gasteiger partial charge >= 0.3 is 11.9 Å². The average molecular weight is 497 g/mol. The van der Waals surface area contributed by atoms with E-state index in [1.807, 2.05) is 6.92 Å². The number of esters is 2. The van der Waals surface area contributed by atoms with E-state index in [0.29, 0.717) is 17.0 Å². The fourth-order valence-electron chi connectivity index (χ4n) is 3.00. The summed E-state index contributed by atoms with van der Waals surface area (Å²) in [5.74, 6) is -2.00. The average Bonchev–Trinajstić information content (AvgIpc) is 3.07. The molecule has 1 amide bonds. The summed E-state index contributed by atoms with van der Waals surface area (Å²) in [6.07, 6.45) is 0.680. The summed E-state index contributed by atoms with van der Waals surface area (Å²) in [6, 6.07) is 4.12. The number of hydrogen-bond acceptors (Lipinski definition) is 8. The van der Waals surface area contributed by atoms with Crippen LogP contribution in [-0.2, 0) is 30.7 Å². The fourth-order valence-corrected chi connectivity index (χ4v) is 5.08. The highest BCUT2D eigenvalue weighted by Gasteiger charge is 2.24. The van der Waals surface area contributed by atoms with Gasteiger partial charge in [0.05, 0.1) is 22.6 Å². The molecule has 9 nitrogen and oxygen atoms in total. The molecule has 2 aromatic rings. The van der Waals surface area contributed by atoms with E-state index in [2.05, 4.69) is 5.32 Å². The lowest BCUT2D eigenvalue weighted by atomic mass is 10.1. The molecular weight excluding hydrogens is 468 g/mol. The van der Waals surface area contributed by atoms with Crippen LogP contribution in [0.1, 0.15) is 50.6 Å². The molecule has 11 heteroatoms. The number of thiophene rings is 1. The standard InChI is InChI=1S/C22H28N2O7S2/c1-7-17-14(4)19(22(27)30-8-2)20(32-17)23-18(25)12-31-21(26)16-11-15(10-9-13(16)3)33(28,29)24(5)6/h9-11H,7-8,12H2,1-6H3,(H,23,25). The van der Waals surface area contributed by atoms with Crippen molar-refractivity contribution in [3.63, 3.8) is 0 Å². The van der Waals surface area contributed by atoms with Gasteiger partial charge in [0.2, 0.25) is 10.0 Å². The Balaban J connectivity index is 2.17. The number of carbonyl (C=O) groups is 3. The van der Waals surface area contributed by atoms with Gasteiger partial charge in [0.15, 0.2) is 6.61 Å². The molecule has 0 spiro atoms. The molecule has 180 valence electrons. The second-order valence-corrected chi connectivity index (χ2v) is 10.6. The van der Waals surface area contributed by atoms with Crippen LogP contribution in [0.25, 0.3) is 0 Å². The van der Waals surface area contributed by atoms with Crippen molar-refractivity contribution in [3.8, 4) is 0 Å². The highest BCUT2D eigenvalue weighted by atomic mass is 32.2. The van der Waals surface area contributed by atoms with E-state index >= 15 is 0 Å². The van der Waals surface area contributed by atoms with Gasteiger partial charge in [-0.1, -0.05) is 13.0 Å². The zero-order valence-corrected chi connectivity index (χ0v) is 21.1. The Morgan fingerprint density at radius 3 is 2.30 bits per heavy atom. The number of amides is 1. The minimum absolute atomic E-state index is 0.0400. The third-order valence-electron chi connectivity index (χ3n) is 4.84. The minimum Gasteiger partial charge on any atom is -0.462 e. The van der Waals surface area contributed by atoms with Crippen molar-refractivity contribution in [1.82, 2.24) is 4.31 Å². The topological polar surface area (TPSA) is 119 Å². The van der Waals surface area contributed by atoms with Gasteiger partial charge in [-0.15, -0.1) is 11.3 Å². The molecule has 0 radical (unpaired) electrons. The Labute approximate surface area is 197 Å². The Hall–Kier alpha value is -2.76. The van der Waals surface area contributed by atoms with Gasteiger partial charge in [-0.25, -0.2) is 22.3 Å². The SMILES string of the molecule is CCOC(=O)c1c(NC(=O)COC(=O)c2cc(S(=O)(=O)N(C)C)ccc2C)sc(CC)c1C. The lowest BCUT2D eigenvalue weighted by Crippen LogP contribution is -2.24. The number of anilines is 1. The Bertz CT molecular complexity index is 1170. The van der Waals surface area contributed by atoms with Gasteiger partial charge in [0.25, 0.3) is 5.91 Å². The van der Waals surface area contributed by atoms with Gasteiger partial charge < -0.3 is 14.8 Å². The predicted molar refractivity (Wildman–Crippen MR) is 125 cm³/mol. The number of nitrogens with one attached hydrogen (secondary N) is 1. The molecular formula is C22H28N2O7S2. The van der Waals surface area contributed by atoms with E-state index in [1.165, 1.54) is 43.6 Å². The summed E-state index contributed by atoms with van der Waals surface area (Å²) < 4.78 is 35.9. The summed E-state index contributed by atoms with van der Waals surface area (Å²) in [7, 11) is -0.965. The van der Waals surface area contributed by atoms with Gasteiger partial charge in [-0.05, 0) is 50.5 Å². The molecule has 0 saturated carbocycles. The molecule has 1 aromatic heterocycles. The minimum atomic E-state index is -3.74. The van der Waals surface area contributed by atoms with Crippen molar-refractivity contribution in [3.05, 3.63) is 45.3 Å². The van der Waals surface area contributed by atoms with Crippen LogP contribution < -0.4 is 5.32 Å². The van der Waals surface area contributed by atoms with E-state index in [9.17, 15) is 22.8 Å². The quantitative estimate of drug-likeness (QED) is 0.530. The van der Waals surface area contributed by atoms with Gasteiger partial charge in [0.1, 0.15) is 5.00 Å². The van der Waals surface area contributed by atoms with Crippen LogP contribution in [0.4, 0.5) is 5.00 Å². The highest BCUT2D eigenvalue weighted by Crippen LogP contribution is 2.34.